The number of benzene rings is 1. The van der Waals surface area contributed by atoms with Gasteiger partial charge in [0, 0.05) is 23.2 Å². The van der Waals surface area contributed by atoms with Crippen LogP contribution in [0, 0.1) is 6.92 Å². The highest BCUT2D eigenvalue weighted by Gasteiger charge is 2.05. The van der Waals surface area contributed by atoms with Crippen LogP contribution in [0.4, 0.5) is 0 Å². The Morgan fingerprint density at radius 2 is 2.07 bits per heavy atom. The minimum atomic E-state index is 0.259. The molecule has 2 aromatic rings. The highest BCUT2D eigenvalue weighted by atomic mass is 16.2. The van der Waals surface area contributed by atoms with Gasteiger partial charge >= 0.3 is 0 Å². The Labute approximate surface area is 83.6 Å². The molecule has 0 aliphatic rings. The molecule has 0 unspecified atom stereocenters. The van der Waals surface area contributed by atoms with Crippen LogP contribution in [0.1, 0.15) is 17.7 Å². The monoisotopic (exact) mass is 189 g/mol. The minimum Gasteiger partial charge on any atom is -0.396 e. The minimum absolute atomic E-state index is 0.259. The van der Waals surface area contributed by atoms with Crippen LogP contribution >= 0.6 is 0 Å². The molecule has 0 saturated carbocycles. The Morgan fingerprint density at radius 3 is 2.79 bits per heavy atom. The van der Waals surface area contributed by atoms with E-state index in [0.717, 1.165) is 12.8 Å². The summed E-state index contributed by atoms with van der Waals surface area (Å²) in [5.74, 6) is 0. The number of H-pyrrole nitrogens is 1. The van der Waals surface area contributed by atoms with E-state index in [0.29, 0.717) is 0 Å². The first-order valence-corrected chi connectivity index (χ1v) is 5.00. The summed E-state index contributed by atoms with van der Waals surface area (Å²) >= 11 is 0. The molecule has 2 rings (SSSR count). The lowest BCUT2D eigenvalue weighted by Gasteiger charge is -1.96. The second-order valence-electron chi connectivity index (χ2n) is 3.60. The maximum atomic E-state index is 8.78. The molecule has 0 radical (unpaired) electrons. The van der Waals surface area contributed by atoms with Crippen molar-refractivity contribution >= 4 is 10.9 Å². The van der Waals surface area contributed by atoms with Crippen LogP contribution < -0.4 is 0 Å². The van der Waals surface area contributed by atoms with Gasteiger partial charge in [-0.1, -0.05) is 18.2 Å². The molecular weight excluding hydrogens is 174 g/mol. The number of hydrogen-bond acceptors (Lipinski definition) is 1. The second-order valence-corrected chi connectivity index (χ2v) is 3.60. The predicted octanol–water partition coefficient (Wildman–Crippen LogP) is 2.40. The molecule has 1 heterocycles. The largest absolute Gasteiger partial charge is 0.396 e. The third kappa shape index (κ3) is 1.53. The number of fused-ring (bicyclic) bond motifs is 1. The molecule has 0 aliphatic heterocycles. The summed E-state index contributed by atoms with van der Waals surface area (Å²) in [5.41, 5.74) is 3.76. The highest BCUT2D eigenvalue weighted by Crippen LogP contribution is 2.21. The lowest BCUT2D eigenvalue weighted by atomic mass is 10.1. The summed E-state index contributed by atoms with van der Waals surface area (Å²) < 4.78 is 0. The molecule has 14 heavy (non-hydrogen) atoms. The third-order valence-electron chi connectivity index (χ3n) is 2.65. The highest BCUT2D eigenvalue weighted by molar-refractivity contribution is 5.84. The van der Waals surface area contributed by atoms with Crippen LogP contribution in [-0.4, -0.2) is 16.7 Å². The molecule has 74 valence electrons. The number of para-hydroxylation sites is 1. The van der Waals surface area contributed by atoms with Crippen LogP contribution in [0.2, 0.25) is 0 Å². The third-order valence-corrected chi connectivity index (χ3v) is 2.65. The average Bonchev–Trinajstić information content (AvgIpc) is 2.54. The molecule has 0 aliphatic carbocycles. The molecule has 2 nitrogen and oxygen atoms in total. The van der Waals surface area contributed by atoms with Gasteiger partial charge in [0.25, 0.3) is 0 Å². The number of nitrogens with one attached hydrogen (secondary N) is 1. The topological polar surface area (TPSA) is 36.0 Å². The maximum Gasteiger partial charge on any atom is 0.0458 e. The zero-order chi connectivity index (χ0) is 9.97. The Bertz CT molecular complexity index is 431. The second kappa shape index (κ2) is 3.84. The van der Waals surface area contributed by atoms with Gasteiger partial charge in [0.05, 0.1) is 0 Å². The molecule has 0 spiro atoms. The number of hydrogen-bond donors (Lipinski definition) is 2. The Morgan fingerprint density at radius 1 is 1.29 bits per heavy atom. The van der Waals surface area contributed by atoms with E-state index in [2.05, 4.69) is 30.1 Å². The summed E-state index contributed by atoms with van der Waals surface area (Å²) in [7, 11) is 0. The summed E-state index contributed by atoms with van der Waals surface area (Å²) in [6.07, 6.45) is 1.75. The van der Waals surface area contributed by atoms with Gasteiger partial charge in [-0.05, 0) is 31.4 Å². The summed E-state index contributed by atoms with van der Waals surface area (Å²) in [6, 6.07) is 8.31. The van der Waals surface area contributed by atoms with Crippen molar-refractivity contribution in [3.05, 3.63) is 35.5 Å². The molecule has 2 N–H and O–H groups in total. The molecule has 0 atom stereocenters. The summed E-state index contributed by atoms with van der Waals surface area (Å²) in [4.78, 5) is 3.39. The van der Waals surface area contributed by atoms with Crippen LogP contribution in [0.15, 0.2) is 24.3 Å². The van der Waals surface area contributed by atoms with Gasteiger partial charge < -0.3 is 10.1 Å². The number of aliphatic hydroxyl groups excluding tert-OH is 1. The Hall–Kier alpha value is -1.28. The van der Waals surface area contributed by atoms with Crippen LogP contribution in [0.5, 0.6) is 0 Å². The first kappa shape index (κ1) is 9.28. The van der Waals surface area contributed by atoms with E-state index in [1.165, 1.54) is 22.2 Å². The van der Waals surface area contributed by atoms with Gasteiger partial charge in [0.2, 0.25) is 0 Å². The number of aromatic amines is 1. The van der Waals surface area contributed by atoms with E-state index >= 15 is 0 Å². The van der Waals surface area contributed by atoms with Gasteiger partial charge in [-0.3, -0.25) is 0 Å². The van der Waals surface area contributed by atoms with Gasteiger partial charge in [-0.15, -0.1) is 0 Å². The van der Waals surface area contributed by atoms with E-state index in [4.69, 9.17) is 5.11 Å². The van der Waals surface area contributed by atoms with Crippen molar-refractivity contribution in [2.75, 3.05) is 6.61 Å². The SMILES string of the molecule is Cc1c(CCCO)[nH]c2ccccc12. The summed E-state index contributed by atoms with van der Waals surface area (Å²) in [5, 5.41) is 10.1. The molecule has 1 aromatic heterocycles. The van der Waals surface area contributed by atoms with E-state index in [-0.39, 0.29) is 6.61 Å². The molecule has 0 fully saturated rings. The normalized spacial score (nSPS) is 11.0. The number of aromatic nitrogens is 1. The number of aryl methyl sites for hydroxylation is 2. The van der Waals surface area contributed by atoms with Crippen LogP contribution in [0.25, 0.3) is 10.9 Å². The van der Waals surface area contributed by atoms with Gasteiger partial charge in [0.1, 0.15) is 0 Å². The standard InChI is InChI=1S/C12H15NO/c1-9-10-5-2-3-6-12(10)13-11(9)7-4-8-14/h2-3,5-6,13-14H,4,7-8H2,1H3. The van der Waals surface area contributed by atoms with Crippen molar-refractivity contribution in [3.63, 3.8) is 0 Å². The average molecular weight is 189 g/mol. The molecule has 0 amide bonds. The van der Waals surface area contributed by atoms with Gasteiger partial charge in [-0.25, -0.2) is 0 Å². The molecule has 0 saturated heterocycles. The molecule has 2 heteroatoms. The van der Waals surface area contributed by atoms with Gasteiger partial charge in [-0.2, -0.15) is 0 Å². The fourth-order valence-electron chi connectivity index (χ4n) is 1.84. The number of aliphatic hydroxyl groups is 1. The van der Waals surface area contributed by atoms with Gasteiger partial charge in [0.15, 0.2) is 0 Å². The van der Waals surface area contributed by atoms with Crippen LogP contribution in [0.3, 0.4) is 0 Å². The first-order chi connectivity index (χ1) is 6.83. The van der Waals surface area contributed by atoms with Crippen molar-refractivity contribution < 1.29 is 5.11 Å². The molecular formula is C12H15NO. The fraction of sp³-hybridized carbons (Fsp3) is 0.333. The lowest BCUT2D eigenvalue weighted by molar-refractivity contribution is 0.288. The van der Waals surface area contributed by atoms with E-state index in [9.17, 15) is 0 Å². The summed E-state index contributed by atoms with van der Waals surface area (Å²) in [6.45, 7) is 2.39. The first-order valence-electron chi connectivity index (χ1n) is 5.00. The van der Waals surface area contributed by atoms with E-state index in [1.807, 2.05) is 6.07 Å². The quantitative estimate of drug-likeness (QED) is 0.764. The van der Waals surface area contributed by atoms with Crippen LogP contribution in [-0.2, 0) is 6.42 Å². The smallest absolute Gasteiger partial charge is 0.0458 e. The van der Waals surface area contributed by atoms with Crippen molar-refractivity contribution in [3.8, 4) is 0 Å². The maximum absolute atomic E-state index is 8.78. The van der Waals surface area contributed by atoms with Crippen molar-refractivity contribution in [2.45, 2.75) is 19.8 Å². The van der Waals surface area contributed by atoms with Crippen molar-refractivity contribution in [1.29, 1.82) is 0 Å². The Balaban J connectivity index is 2.41. The van der Waals surface area contributed by atoms with Crippen molar-refractivity contribution in [2.24, 2.45) is 0 Å². The predicted molar refractivity (Wildman–Crippen MR) is 58.4 cm³/mol. The Kier molecular flexibility index (Phi) is 2.55. The molecule has 1 aromatic carbocycles. The molecule has 0 bridgehead atoms. The zero-order valence-electron chi connectivity index (χ0n) is 8.38. The van der Waals surface area contributed by atoms with Crippen molar-refractivity contribution in [1.82, 2.24) is 4.98 Å². The lowest BCUT2D eigenvalue weighted by Crippen LogP contribution is -1.91. The van der Waals surface area contributed by atoms with E-state index in [1.54, 1.807) is 0 Å². The number of rotatable bonds is 3. The van der Waals surface area contributed by atoms with E-state index < -0.39 is 0 Å². The fourth-order valence-corrected chi connectivity index (χ4v) is 1.84. The zero-order valence-corrected chi connectivity index (χ0v) is 8.38.